The number of hydrogen-bond donors (Lipinski definition) is 0. The molecule has 0 aromatic rings. The molecule has 0 saturated heterocycles. The first-order valence-electron chi connectivity index (χ1n) is 6.56. The van der Waals surface area contributed by atoms with Gasteiger partial charge in [-0.2, -0.15) is 0 Å². The van der Waals surface area contributed by atoms with Gasteiger partial charge in [-0.15, -0.1) is 0 Å². The summed E-state index contributed by atoms with van der Waals surface area (Å²) in [5.74, 6) is 0. The molecule has 0 amide bonds. The number of rotatable bonds is 10. The van der Waals surface area contributed by atoms with Crippen LogP contribution in [-0.2, 0) is 4.79 Å². The highest BCUT2D eigenvalue weighted by Crippen LogP contribution is 2.16. The van der Waals surface area contributed by atoms with Crippen molar-refractivity contribution in [1.29, 1.82) is 0 Å². The summed E-state index contributed by atoms with van der Waals surface area (Å²) in [6.45, 7) is 4.37. The van der Waals surface area contributed by atoms with Gasteiger partial charge in [0.25, 0.3) is 0 Å². The van der Waals surface area contributed by atoms with Gasteiger partial charge >= 0.3 is 0 Å². The summed E-state index contributed by atoms with van der Waals surface area (Å²) in [5.41, 5.74) is 1.23. The van der Waals surface area contributed by atoms with Gasteiger partial charge in [-0.25, -0.2) is 0 Å². The summed E-state index contributed by atoms with van der Waals surface area (Å²) < 4.78 is 0. The van der Waals surface area contributed by atoms with E-state index in [1.807, 2.05) is 0 Å². The molecular formula is C14H25ClO. The molecule has 0 unspecified atom stereocenters. The first-order chi connectivity index (χ1) is 7.70. The van der Waals surface area contributed by atoms with Gasteiger partial charge in [0.05, 0.1) is 0 Å². The number of carbonyl (C=O) groups is 1. The summed E-state index contributed by atoms with van der Waals surface area (Å²) >= 11 is 5.43. The third kappa shape index (κ3) is 10.2. The maximum atomic E-state index is 10.9. The molecule has 0 rings (SSSR count). The van der Waals surface area contributed by atoms with Crippen molar-refractivity contribution in [3.63, 3.8) is 0 Å². The Bertz CT molecular complexity index is 209. The number of halogens is 1. The summed E-state index contributed by atoms with van der Waals surface area (Å²) in [5, 5.41) is -0.226. The highest BCUT2D eigenvalue weighted by molar-refractivity contribution is 6.63. The summed E-state index contributed by atoms with van der Waals surface area (Å²) in [4.78, 5) is 10.9. The molecule has 0 spiro atoms. The normalized spacial score (nSPS) is 11.8. The number of allylic oxidation sites excluding steroid dienone is 2. The largest absolute Gasteiger partial charge is 0.281 e. The molecule has 0 aliphatic carbocycles. The molecule has 0 aromatic carbocycles. The molecule has 94 valence electrons. The lowest BCUT2D eigenvalue weighted by molar-refractivity contribution is -0.111. The maximum Gasteiger partial charge on any atom is 0.225 e. The lowest BCUT2D eigenvalue weighted by Crippen LogP contribution is -1.92. The van der Waals surface area contributed by atoms with E-state index < -0.39 is 0 Å². The average molecular weight is 245 g/mol. The zero-order valence-electron chi connectivity index (χ0n) is 10.7. The fourth-order valence-corrected chi connectivity index (χ4v) is 1.92. The van der Waals surface area contributed by atoms with Gasteiger partial charge in [-0.3, -0.25) is 4.79 Å². The quantitative estimate of drug-likeness (QED) is 0.292. The Morgan fingerprint density at radius 3 is 2.31 bits per heavy atom. The van der Waals surface area contributed by atoms with Gasteiger partial charge in [0.1, 0.15) is 0 Å². The second kappa shape index (κ2) is 11.2. The molecular weight excluding hydrogens is 220 g/mol. The van der Waals surface area contributed by atoms with Crippen LogP contribution in [0.15, 0.2) is 11.6 Å². The van der Waals surface area contributed by atoms with Crippen LogP contribution in [0.2, 0.25) is 0 Å². The predicted molar refractivity (Wildman–Crippen MR) is 71.8 cm³/mol. The monoisotopic (exact) mass is 244 g/mol. The Morgan fingerprint density at radius 2 is 1.75 bits per heavy atom. The third-order valence-electron chi connectivity index (χ3n) is 2.69. The minimum Gasteiger partial charge on any atom is -0.281 e. The van der Waals surface area contributed by atoms with Gasteiger partial charge < -0.3 is 0 Å². The van der Waals surface area contributed by atoms with Crippen molar-refractivity contribution in [3.8, 4) is 0 Å². The molecule has 0 radical (unpaired) electrons. The Morgan fingerprint density at radius 1 is 1.06 bits per heavy atom. The Kier molecular flexibility index (Phi) is 11.0. The van der Waals surface area contributed by atoms with Crippen LogP contribution < -0.4 is 0 Å². The minimum atomic E-state index is -0.226. The van der Waals surface area contributed by atoms with Crippen molar-refractivity contribution in [1.82, 2.24) is 0 Å². The van der Waals surface area contributed by atoms with Gasteiger partial charge in [0, 0.05) is 6.42 Å². The Labute approximate surface area is 105 Å². The van der Waals surface area contributed by atoms with Gasteiger partial charge in [0.2, 0.25) is 5.24 Å². The van der Waals surface area contributed by atoms with Crippen molar-refractivity contribution in [3.05, 3.63) is 11.6 Å². The molecule has 0 bridgehead atoms. The molecule has 0 saturated carbocycles. The summed E-state index contributed by atoms with van der Waals surface area (Å²) in [6, 6.07) is 0. The van der Waals surface area contributed by atoms with E-state index in [4.69, 9.17) is 11.6 Å². The van der Waals surface area contributed by atoms with Crippen molar-refractivity contribution >= 4 is 16.8 Å². The number of hydrogen-bond acceptors (Lipinski definition) is 1. The lowest BCUT2D eigenvalue weighted by atomic mass is 10.0. The van der Waals surface area contributed by atoms with E-state index in [9.17, 15) is 4.79 Å². The number of unbranched alkanes of at least 4 members (excludes halogenated alkanes) is 5. The maximum absolute atomic E-state index is 10.9. The third-order valence-corrected chi connectivity index (χ3v) is 2.82. The molecule has 1 nitrogen and oxygen atoms in total. The molecule has 16 heavy (non-hydrogen) atoms. The second-order valence-electron chi connectivity index (χ2n) is 4.35. The van der Waals surface area contributed by atoms with Crippen molar-refractivity contribution in [2.45, 2.75) is 71.6 Å². The van der Waals surface area contributed by atoms with Crippen molar-refractivity contribution in [2.24, 2.45) is 0 Å². The lowest BCUT2D eigenvalue weighted by Gasteiger charge is -2.05. The molecule has 0 atom stereocenters. The molecule has 2 heteroatoms. The summed E-state index contributed by atoms with van der Waals surface area (Å²) in [7, 11) is 0. The first kappa shape index (κ1) is 15.7. The van der Waals surface area contributed by atoms with E-state index in [1.54, 1.807) is 0 Å². The zero-order valence-corrected chi connectivity index (χ0v) is 11.5. The Hall–Kier alpha value is -0.300. The van der Waals surface area contributed by atoms with E-state index in [2.05, 4.69) is 19.9 Å². The summed E-state index contributed by atoms with van der Waals surface area (Å²) in [6.07, 6.45) is 12.3. The van der Waals surface area contributed by atoms with Crippen LogP contribution in [0.4, 0.5) is 0 Å². The topological polar surface area (TPSA) is 17.1 Å². The predicted octanol–water partition coefficient (Wildman–Crippen LogP) is 5.23. The highest BCUT2D eigenvalue weighted by Gasteiger charge is 2.02. The highest BCUT2D eigenvalue weighted by atomic mass is 35.5. The number of carbonyl (C=O) groups excluding carboxylic acids is 1. The molecule has 0 aromatic heterocycles. The van der Waals surface area contributed by atoms with Crippen molar-refractivity contribution in [2.75, 3.05) is 0 Å². The molecule has 0 fully saturated rings. The molecule has 0 aliphatic rings. The van der Waals surface area contributed by atoms with Gasteiger partial charge in [-0.1, -0.05) is 57.6 Å². The molecule has 0 heterocycles. The van der Waals surface area contributed by atoms with Crippen molar-refractivity contribution < 1.29 is 4.79 Å². The van der Waals surface area contributed by atoms with Gasteiger partial charge in [-0.05, 0) is 30.9 Å². The van der Waals surface area contributed by atoms with Crippen LogP contribution >= 0.6 is 11.6 Å². The standard InChI is InChI=1S/C14H25ClO/c1-3-5-7-8-9-11-13(10-6-4-2)12-14(15)16/h10H,3-9,11-12H2,1-2H3/b13-10+. The Balaban J connectivity index is 3.78. The van der Waals surface area contributed by atoms with Crippen LogP contribution in [0.25, 0.3) is 0 Å². The van der Waals surface area contributed by atoms with Crippen LogP contribution in [0.1, 0.15) is 71.6 Å². The van der Waals surface area contributed by atoms with E-state index in [-0.39, 0.29) is 5.24 Å². The van der Waals surface area contributed by atoms with Crippen LogP contribution in [-0.4, -0.2) is 5.24 Å². The fourth-order valence-electron chi connectivity index (χ4n) is 1.75. The molecule has 0 aliphatic heterocycles. The second-order valence-corrected chi connectivity index (χ2v) is 4.77. The minimum absolute atomic E-state index is 0.226. The zero-order chi connectivity index (χ0) is 12.2. The van der Waals surface area contributed by atoms with Crippen LogP contribution in [0, 0.1) is 0 Å². The van der Waals surface area contributed by atoms with E-state index in [0.29, 0.717) is 6.42 Å². The van der Waals surface area contributed by atoms with E-state index >= 15 is 0 Å². The first-order valence-corrected chi connectivity index (χ1v) is 6.94. The smallest absolute Gasteiger partial charge is 0.225 e. The van der Waals surface area contributed by atoms with E-state index in [1.165, 1.54) is 37.7 Å². The van der Waals surface area contributed by atoms with Crippen LogP contribution in [0.5, 0.6) is 0 Å². The van der Waals surface area contributed by atoms with Crippen LogP contribution in [0.3, 0.4) is 0 Å². The fraction of sp³-hybridized carbons (Fsp3) is 0.786. The SMILES string of the molecule is CCC/C=C(\CCCCCCC)CC(=O)Cl. The van der Waals surface area contributed by atoms with Gasteiger partial charge in [0.15, 0.2) is 0 Å². The molecule has 0 N–H and O–H groups in total. The average Bonchev–Trinajstić information content (AvgIpc) is 2.24. The van der Waals surface area contributed by atoms with E-state index in [0.717, 1.165) is 19.3 Å².